The van der Waals surface area contributed by atoms with E-state index in [1.165, 1.54) is 149 Å². The largest absolute Gasteiger partial charge is 0.309 e. The maximum absolute atomic E-state index is 5.75. The molecule has 5 heteroatoms. The lowest BCUT2D eigenvalue weighted by molar-refractivity contribution is 0.660. The second-order valence-corrected chi connectivity index (χ2v) is 31.2. The van der Waals surface area contributed by atoms with Gasteiger partial charge in [0, 0.05) is 82.1 Å². The second-order valence-electron chi connectivity index (χ2n) is 31.2. The number of hydrogen-bond donors (Lipinski definition) is 0. The molecule has 0 bridgehead atoms. The second kappa shape index (κ2) is 22.0. The van der Waals surface area contributed by atoms with Crippen LogP contribution in [0.25, 0.3) is 183 Å². The number of hydrogen-bond acceptors (Lipinski definition) is 2. The molecule has 0 N–H and O–H groups in total. The van der Waals surface area contributed by atoms with Crippen molar-refractivity contribution in [1.82, 2.24) is 23.7 Å². The standard InChI is InChI=1S/C101H71N5/c1-99(2)84-31-13-7-25-71(84)74-44-41-68(57-87(74)99)104-91-34-16-10-28-77(91)80-53-63(38-48-94(80)104)60-21-19-23-66(51-60)97-83-56-62(65-40-50-96-82(55-65)79-30-12-18-36-93(79)106(96)70-43-46-76-73-27-9-15-33-86(73)101(5,6)89(76)59-70)37-47-90(83)102-98(103-97)67-24-20-22-61(52-67)64-39-49-95-81(54-64)78-29-11-17-35-92(78)105(95)69-42-45-75-72-26-8-14-32-85(72)100(3,4)88(75)58-69/h7-59H,1-6H3. The summed E-state index contributed by atoms with van der Waals surface area (Å²) in [4.78, 5) is 11.3. The lowest BCUT2D eigenvalue weighted by Crippen LogP contribution is -2.15. The molecule has 22 rings (SSSR count). The first-order valence-electron chi connectivity index (χ1n) is 37.2. The maximum Gasteiger partial charge on any atom is 0.160 e. The predicted octanol–water partition coefficient (Wildman–Crippen LogP) is 26.2. The molecule has 4 heterocycles. The Kier molecular flexibility index (Phi) is 12.6. The van der Waals surface area contributed by atoms with Crippen LogP contribution in [0.1, 0.15) is 74.9 Å². The molecular formula is C101H71N5. The Labute approximate surface area is 615 Å². The molecule has 0 amide bonds. The van der Waals surface area contributed by atoms with Crippen LogP contribution in [0.4, 0.5) is 0 Å². The van der Waals surface area contributed by atoms with Gasteiger partial charge in [-0.15, -0.1) is 0 Å². The minimum Gasteiger partial charge on any atom is -0.309 e. The monoisotopic (exact) mass is 1350 g/mol. The first kappa shape index (κ1) is 60.6. The van der Waals surface area contributed by atoms with Crippen molar-refractivity contribution in [2.75, 3.05) is 0 Å². The molecule has 5 nitrogen and oxygen atoms in total. The van der Waals surface area contributed by atoms with Crippen molar-refractivity contribution in [3.63, 3.8) is 0 Å². The number of para-hydroxylation sites is 3. The van der Waals surface area contributed by atoms with Gasteiger partial charge in [-0.25, -0.2) is 9.97 Å². The summed E-state index contributed by atoms with van der Waals surface area (Å²) < 4.78 is 7.37. The van der Waals surface area contributed by atoms with E-state index in [2.05, 4.69) is 377 Å². The Balaban J connectivity index is 0.673. The SMILES string of the molecule is CC1(C)c2ccccc2-c2ccc(-n3c4ccccc4c4cc(-c5cccc(-c6nc(-c7cccc(-c8ccc9c(c8)c8ccccc8n9-c8ccc9c(c8)C(C)(C)c8ccccc8-9)c7)c7cc(-c8ccc9c(c8)c8ccccc8n9-c8ccc9c(c8)C(C)(C)c8ccccc8-9)ccc7n6)c5)ccc43)cc21. The van der Waals surface area contributed by atoms with Crippen LogP contribution in [0.3, 0.4) is 0 Å². The Hall–Kier alpha value is -13.0. The van der Waals surface area contributed by atoms with Gasteiger partial charge in [0.2, 0.25) is 0 Å². The summed E-state index contributed by atoms with van der Waals surface area (Å²) in [5.41, 5.74) is 36.8. The molecular weight excluding hydrogens is 1280 g/mol. The summed E-state index contributed by atoms with van der Waals surface area (Å²) in [5.74, 6) is 0.669. The normalized spacial score (nSPS) is 14.2. The zero-order chi connectivity index (χ0) is 70.6. The van der Waals surface area contributed by atoms with Crippen molar-refractivity contribution >= 4 is 76.3 Å². The molecule has 15 aromatic carbocycles. The number of aromatic nitrogens is 5. The smallest absolute Gasteiger partial charge is 0.160 e. The fourth-order valence-corrected chi connectivity index (χ4v) is 19.1. The fourth-order valence-electron chi connectivity index (χ4n) is 19.1. The van der Waals surface area contributed by atoms with Gasteiger partial charge in [-0.05, 0) is 215 Å². The first-order chi connectivity index (χ1) is 51.8. The third-order valence-electron chi connectivity index (χ3n) is 24.4. The van der Waals surface area contributed by atoms with E-state index in [0.717, 1.165) is 61.1 Å². The molecule has 3 aliphatic rings. The van der Waals surface area contributed by atoms with Gasteiger partial charge < -0.3 is 13.7 Å². The van der Waals surface area contributed by atoms with Crippen molar-refractivity contribution in [2.45, 2.75) is 57.8 Å². The summed E-state index contributed by atoms with van der Waals surface area (Å²) in [6.07, 6.45) is 0. The van der Waals surface area contributed by atoms with Crippen LogP contribution in [-0.4, -0.2) is 23.7 Å². The molecule has 0 spiro atoms. The third-order valence-corrected chi connectivity index (χ3v) is 24.4. The van der Waals surface area contributed by atoms with Crippen LogP contribution in [0.15, 0.2) is 322 Å². The highest BCUT2D eigenvalue weighted by Crippen LogP contribution is 2.54. The van der Waals surface area contributed by atoms with Gasteiger partial charge in [0.25, 0.3) is 0 Å². The highest BCUT2D eigenvalue weighted by molar-refractivity contribution is 6.14. The summed E-state index contributed by atoms with van der Waals surface area (Å²) in [6, 6.07) is 120. The van der Waals surface area contributed by atoms with E-state index in [4.69, 9.17) is 9.97 Å². The highest BCUT2D eigenvalue weighted by Gasteiger charge is 2.39. The van der Waals surface area contributed by atoms with Crippen LogP contribution < -0.4 is 0 Å². The van der Waals surface area contributed by atoms with Crippen molar-refractivity contribution in [1.29, 1.82) is 0 Å². The molecule has 19 aromatic rings. The van der Waals surface area contributed by atoms with Gasteiger partial charge in [-0.3, -0.25) is 0 Å². The average molecular weight is 1350 g/mol. The lowest BCUT2D eigenvalue weighted by Gasteiger charge is -2.22. The van der Waals surface area contributed by atoms with E-state index in [0.29, 0.717) is 5.82 Å². The van der Waals surface area contributed by atoms with Gasteiger partial charge in [0.1, 0.15) is 0 Å². The molecule has 0 saturated heterocycles. The zero-order valence-electron chi connectivity index (χ0n) is 59.8. The van der Waals surface area contributed by atoms with E-state index in [-0.39, 0.29) is 16.2 Å². The number of fused-ring (bicyclic) bond motifs is 19. The molecule has 0 atom stereocenters. The molecule has 0 unspecified atom stereocenters. The van der Waals surface area contributed by atoms with E-state index >= 15 is 0 Å². The number of nitrogens with zero attached hydrogens (tertiary/aromatic N) is 5. The summed E-state index contributed by atoms with van der Waals surface area (Å²) in [7, 11) is 0. The third kappa shape index (κ3) is 8.65. The average Bonchev–Trinajstić information content (AvgIpc) is 1.55. The lowest BCUT2D eigenvalue weighted by atomic mass is 9.82. The minimum absolute atomic E-state index is 0.115. The van der Waals surface area contributed by atoms with Crippen molar-refractivity contribution in [3.05, 3.63) is 355 Å². The molecule has 500 valence electrons. The number of benzene rings is 15. The zero-order valence-corrected chi connectivity index (χ0v) is 59.8. The molecule has 0 aliphatic heterocycles. The molecule has 0 saturated carbocycles. The van der Waals surface area contributed by atoms with Gasteiger partial charge in [0.05, 0.1) is 44.3 Å². The van der Waals surface area contributed by atoms with Gasteiger partial charge in [0.15, 0.2) is 5.82 Å². The molecule has 3 aliphatic carbocycles. The van der Waals surface area contributed by atoms with E-state index in [9.17, 15) is 0 Å². The Morgan fingerprint density at radius 1 is 0.208 bits per heavy atom. The minimum atomic E-state index is -0.122. The van der Waals surface area contributed by atoms with Gasteiger partial charge in [-0.1, -0.05) is 248 Å². The Bertz CT molecular complexity index is 7060. The molecule has 4 aromatic heterocycles. The molecule has 0 radical (unpaired) electrons. The van der Waals surface area contributed by atoms with E-state index < -0.39 is 0 Å². The van der Waals surface area contributed by atoms with Gasteiger partial charge >= 0.3 is 0 Å². The first-order valence-corrected chi connectivity index (χ1v) is 37.2. The maximum atomic E-state index is 5.75. The van der Waals surface area contributed by atoms with Crippen molar-refractivity contribution in [3.8, 4) is 106 Å². The molecule has 0 fully saturated rings. The van der Waals surface area contributed by atoms with Crippen LogP contribution in [0, 0.1) is 0 Å². The predicted molar refractivity (Wildman–Crippen MR) is 442 cm³/mol. The van der Waals surface area contributed by atoms with Crippen LogP contribution >= 0.6 is 0 Å². The van der Waals surface area contributed by atoms with Crippen LogP contribution in [-0.2, 0) is 16.2 Å². The Morgan fingerprint density at radius 2 is 0.519 bits per heavy atom. The van der Waals surface area contributed by atoms with Gasteiger partial charge in [-0.2, -0.15) is 0 Å². The topological polar surface area (TPSA) is 40.6 Å². The summed E-state index contributed by atoms with van der Waals surface area (Å²) in [5, 5.41) is 8.27. The quantitative estimate of drug-likeness (QED) is 0.152. The summed E-state index contributed by atoms with van der Waals surface area (Å²) in [6.45, 7) is 14.2. The Morgan fingerprint density at radius 3 is 0.934 bits per heavy atom. The highest BCUT2D eigenvalue weighted by atomic mass is 15.0. The van der Waals surface area contributed by atoms with Crippen molar-refractivity contribution in [2.24, 2.45) is 0 Å². The van der Waals surface area contributed by atoms with E-state index in [1.807, 2.05) is 0 Å². The number of rotatable bonds is 8. The fraction of sp³-hybridized carbons (Fsp3) is 0.0891. The van der Waals surface area contributed by atoms with Crippen LogP contribution in [0.5, 0.6) is 0 Å². The van der Waals surface area contributed by atoms with Crippen molar-refractivity contribution < 1.29 is 0 Å². The van der Waals surface area contributed by atoms with E-state index in [1.54, 1.807) is 0 Å². The molecule has 106 heavy (non-hydrogen) atoms. The summed E-state index contributed by atoms with van der Waals surface area (Å²) >= 11 is 0. The van der Waals surface area contributed by atoms with Crippen LogP contribution in [0.2, 0.25) is 0 Å².